The summed E-state index contributed by atoms with van der Waals surface area (Å²) >= 11 is 6.10. The maximum absolute atomic E-state index is 12.9. The number of rotatable bonds is 3. The summed E-state index contributed by atoms with van der Waals surface area (Å²) in [4.78, 5) is 39.5. The Morgan fingerprint density at radius 1 is 1.10 bits per heavy atom. The Hall–Kier alpha value is -2.92. The molecule has 0 saturated carbocycles. The van der Waals surface area contributed by atoms with Crippen LogP contribution in [0.1, 0.15) is 29.3 Å². The minimum absolute atomic E-state index is 0.0428. The smallest absolute Gasteiger partial charge is 0.255 e. The number of imide groups is 1. The molecular formula is C23H21ClN2O3. The zero-order chi connectivity index (χ0) is 20.7. The van der Waals surface area contributed by atoms with Crippen molar-refractivity contribution in [2.24, 2.45) is 17.8 Å². The minimum Gasteiger partial charge on any atom is -0.322 e. The highest BCUT2D eigenvalue weighted by Crippen LogP contribution is 2.40. The van der Waals surface area contributed by atoms with Crippen LogP contribution in [-0.4, -0.2) is 17.7 Å². The molecular weight excluding hydrogens is 388 g/mol. The number of nitrogens with zero attached hydrogens (tertiary/aromatic N) is 1. The standard InChI is InChI=1S/C23H21ClN2O3/c1-13-5-3-6-17-20(13)23(29)26(22(17)28)16-11-9-15(10-12-16)21(27)25-19-8-4-7-18(24)14(19)2/h3-5,7-13,17,20H,6H2,1-2H3,(H,25,27)/t13-,17-,20-/m1/s1. The fourth-order valence-electron chi connectivity index (χ4n) is 4.10. The zero-order valence-corrected chi connectivity index (χ0v) is 16.9. The molecule has 2 aromatic carbocycles. The van der Waals surface area contributed by atoms with Gasteiger partial charge in [0, 0.05) is 16.3 Å². The lowest BCUT2D eigenvalue weighted by Crippen LogP contribution is -2.31. The largest absolute Gasteiger partial charge is 0.322 e. The second kappa shape index (κ2) is 7.48. The number of benzene rings is 2. The quantitative estimate of drug-likeness (QED) is 0.596. The molecule has 0 bridgehead atoms. The van der Waals surface area contributed by atoms with Gasteiger partial charge in [-0.3, -0.25) is 19.3 Å². The molecule has 1 N–H and O–H groups in total. The second-order valence-electron chi connectivity index (χ2n) is 7.58. The van der Waals surface area contributed by atoms with Crippen LogP contribution in [0.4, 0.5) is 11.4 Å². The van der Waals surface area contributed by atoms with Crippen molar-refractivity contribution in [2.75, 3.05) is 10.2 Å². The van der Waals surface area contributed by atoms with Gasteiger partial charge in [0.2, 0.25) is 11.8 Å². The highest BCUT2D eigenvalue weighted by Gasteiger charge is 2.50. The van der Waals surface area contributed by atoms with Crippen molar-refractivity contribution >= 4 is 40.7 Å². The van der Waals surface area contributed by atoms with E-state index in [9.17, 15) is 14.4 Å². The number of halogens is 1. The number of fused-ring (bicyclic) bond motifs is 1. The Bertz CT molecular complexity index is 1030. The van der Waals surface area contributed by atoms with Gasteiger partial charge < -0.3 is 5.32 Å². The first-order valence-electron chi connectivity index (χ1n) is 9.59. The minimum atomic E-state index is -0.304. The van der Waals surface area contributed by atoms with E-state index in [2.05, 4.69) is 5.32 Å². The first-order chi connectivity index (χ1) is 13.9. The van der Waals surface area contributed by atoms with Crippen molar-refractivity contribution in [3.8, 4) is 0 Å². The molecule has 4 rings (SSSR count). The summed E-state index contributed by atoms with van der Waals surface area (Å²) < 4.78 is 0. The number of amides is 3. The third-order valence-electron chi connectivity index (χ3n) is 5.78. The summed E-state index contributed by atoms with van der Waals surface area (Å²) in [6.45, 7) is 3.80. The van der Waals surface area contributed by atoms with Crippen LogP contribution in [0.15, 0.2) is 54.6 Å². The van der Waals surface area contributed by atoms with Gasteiger partial charge in [-0.15, -0.1) is 0 Å². The van der Waals surface area contributed by atoms with Crippen LogP contribution in [0.2, 0.25) is 5.02 Å². The van der Waals surface area contributed by atoms with Crippen molar-refractivity contribution in [1.82, 2.24) is 0 Å². The summed E-state index contributed by atoms with van der Waals surface area (Å²) in [6, 6.07) is 11.8. The normalized spacial score (nSPS) is 23.3. The lowest BCUT2D eigenvalue weighted by atomic mass is 9.78. The number of carbonyl (C=O) groups excluding carboxylic acids is 3. The van der Waals surface area contributed by atoms with E-state index in [1.54, 1.807) is 42.5 Å². The molecule has 0 spiro atoms. The summed E-state index contributed by atoms with van der Waals surface area (Å²) in [5.74, 6) is -1.17. The average Bonchev–Trinajstić information content (AvgIpc) is 2.97. The molecule has 1 heterocycles. The zero-order valence-electron chi connectivity index (χ0n) is 16.2. The van der Waals surface area contributed by atoms with Crippen LogP contribution in [0, 0.1) is 24.7 Å². The van der Waals surface area contributed by atoms with E-state index in [0.29, 0.717) is 28.4 Å². The fourth-order valence-corrected chi connectivity index (χ4v) is 4.28. The highest BCUT2D eigenvalue weighted by molar-refractivity contribution is 6.31. The summed E-state index contributed by atoms with van der Waals surface area (Å²) in [5, 5.41) is 3.42. The molecule has 1 fully saturated rings. The molecule has 3 atom stereocenters. The van der Waals surface area contributed by atoms with Crippen molar-refractivity contribution < 1.29 is 14.4 Å². The molecule has 29 heavy (non-hydrogen) atoms. The predicted octanol–water partition coefficient (Wildman–Crippen LogP) is 4.60. The summed E-state index contributed by atoms with van der Waals surface area (Å²) in [5.41, 5.74) is 2.36. The average molecular weight is 409 g/mol. The Morgan fingerprint density at radius 3 is 2.52 bits per heavy atom. The Kier molecular flexibility index (Phi) is 5.01. The van der Waals surface area contributed by atoms with Crippen LogP contribution >= 0.6 is 11.6 Å². The fraction of sp³-hybridized carbons (Fsp3) is 0.261. The number of anilines is 2. The molecule has 5 nitrogen and oxygen atoms in total. The van der Waals surface area contributed by atoms with Crippen molar-refractivity contribution in [1.29, 1.82) is 0 Å². The Morgan fingerprint density at radius 2 is 1.83 bits per heavy atom. The van der Waals surface area contributed by atoms with Crippen LogP contribution in [0.25, 0.3) is 0 Å². The SMILES string of the molecule is Cc1c(Cl)cccc1NC(=O)c1ccc(N2C(=O)[C@@H]3[C@H](C)C=CC[C@H]3C2=O)cc1. The van der Waals surface area contributed by atoms with Gasteiger partial charge in [0.05, 0.1) is 17.5 Å². The summed E-state index contributed by atoms with van der Waals surface area (Å²) in [7, 11) is 0. The van der Waals surface area contributed by atoms with Crippen LogP contribution in [0.5, 0.6) is 0 Å². The maximum Gasteiger partial charge on any atom is 0.255 e. The number of carbonyl (C=O) groups is 3. The first-order valence-corrected chi connectivity index (χ1v) is 9.97. The van der Waals surface area contributed by atoms with Gasteiger partial charge in [-0.1, -0.05) is 36.7 Å². The van der Waals surface area contributed by atoms with Crippen molar-refractivity contribution in [2.45, 2.75) is 20.3 Å². The van der Waals surface area contributed by atoms with E-state index in [1.807, 2.05) is 26.0 Å². The molecule has 2 aliphatic rings. The van der Waals surface area contributed by atoms with Crippen LogP contribution < -0.4 is 10.2 Å². The molecule has 1 saturated heterocycles. The maximum atomic E-state index is 12.9. The molecule has 2 aromatic rings. The molecule has 148 valence electrons. The van der Waals surface area contributed by atoms with Gasteiger partial charge >= 0.3 is 0 Å². The molecule has 1 aliphatic carbocycles. The molecule has 0 aromatic heterocycles. The van der Waals surface area contributed by atoms with Crippen LogP contribution in [0.3, 0.4) is 0 Å². The van der Waals surface area contributed by atoms with E-state index >= 15 is 0 Å². The molecule has 0 radical (unpaired) electrons. The lowest BCUT2D eigenvalue weighted by molar-refractivity contribution is -0.122. The van der Waals surface area contributed by atoms with E-state index < -0.39 is 0 Å². The van der Waals surface area contributed by atoms with Crippen molar-refractivity contribution in [3.05, 3.63) is 70.8 Å². The monoisotopic (exact) mass is 408 g/mol. The van der Waals surface area contributed by atoms with Gasteiger partial charge in [0.15, 0.2) is 0 Å². The molecule has 0 unspecified atom stereocenters. The number of hydrogen-bond donors (Lipinski definition) is 1. The Balaban J connectivity index is 1.54. The Labute approximate surface area is 174 Å². The molecule has 3 amide bonds. The number of allylic oxidation sites excluding steroid dienone is 2. The first kappa shape index (κ1) is 19.4. The number of hydrogen-bond acceptors (Lipinski definition) is 3. The van der Waals surface area contributed by atoms with Gasteiger partial charge in [-0.05, 0) is 61.2 Å². The van der Waals surface area contributed by atoms with Crippen molar-refractivity contribution in [3.63, 3.8) is 0 Å². The van der Waals surface area contributed by atoms with Gasteiger partial charge in [-0.2, -0.15) is 0 Å². The van der Waals surface area contributed by atoms with Crippen LogP contribution in [-0.2, 0) is 9.59 Å². The number of nitrogens with one attached hydrogen (secondary N) is 1. The van der Waals surface area contributed by atoms with Gasteiger partial charge in [0.1, 0.15) is 0 Å². The van der Waals surface area contributed by atoms with E-state index in [4.69, 9.17) is 11.6 Å². The third-order valence-corrected chi connectivity index (χ3v) is 6.19. The van der Waals surface area contributed by atoms with Gasteiger partial charge in [0.25, 0.3) is 5.91 Å². The lowest BCUT2D eigenvalue weighted by Gasteiger charge is -2.22. The topological polar surface area (TPSA) is 66.5 Å². The van der Waals surface area contributed by atoms with E-state index in [-0.39, 0.29) is 35.5 Å². The van der Waals surface area contributed by atoms with E-state index in [1.165, 1.54) is 4.90 Å². The van der Waals surface area contributed by atoms with E-state index in [0.717, 1.165) is 5.56 Å². The predicted molar refractivity (Wildman–Crippen MR) is 113 cm³/mol. The second-order valence-corrected chi connectivity index (χ2v) is 7.99. The summed E-state index contributed by atoms with van der Waals surface area (Å²) in [6.07, 6.45) is 4.57. The van der Waals surface area contributed by atoms with Gasteiger partial charge in [-0.25, -0.2) is 0 Å². The third kappa shape index (κ3) is 3.36. The molecule has 6 heteroatoms. The highest BCUT2D eigenvalue weighted by atomic mass is 35.5. The molecule has 1 aliphatic heterocycles.